The first kappa shape index (κ1) is 19.3. The standard InChI is InChI=1S/C19H16N4O4S/c1-13-11-16(22-21-15-3-2-4-18(12-15)28(25,26)27)7-10-19(13)23-20-14-5-8-17(24)9-6-14/h2-12,24H,1H3,(H,25,26,27). The third kappa shape index (κ3) is 5.06. The molecule has 0 aromatic heterocycles. The van der Waals surface area contributed by atoms with Crippen LogP contribution in [0.1, 0.15) is 5.56 Å². The first-order valence-corrected chi connectivity index (χ1v) is 9.56. The molecule has 3 aromatic carbocycles. The number of aromatic hydroxyl groups is 1. The molecule has 0 amide bonds. The fourth-order valence-corrected chi connectivity index (χ4v) is 2.79. The van der Waals surface area contributed by atoms with E-state index < -0.39 is 10.1 Å². The number of azo groups is 2. The summed E-state index contributed by atoms with van der Waals surface area (Å²) in [6.07, 6.45) is 0. The van der Waals surface area contributed by atoms with E-state index in [9.17, 15) is 13.5 Å². The Hall–Kier alpha value is -3.43. The van der Waals surface area contributed by atoms with Crippen molar-refractivity contribution < 1.29 is 18.1 Å². The first-order chi connectivity index (χ1) is 13.3. The van der Waals surface area contributed by atoms with E-state index >= 15 is 0 Å². The van der Waals surface area contributed by atoms with E-state index in [-0.39, 0.29) is 10.6 Å². The van der Waals surface area contributed by atoms with Crippen LogP contribution in [0.4, 0.5) is 22.7 Å². The van der Waals surface area contributed by atoms with Crippen LogP contribution in [0, 0.1) is 6.92 Å². The Kier molecular flexibility index (Phi) is 5.57. The van der Waals surface area contributed by atoms with Gasteiger partial charge in [-0.2, -0.15) is 28.9 Å². The van der Waals surface area contributed by atoms with Crippen molar-refractivity contribution in [3.8, 4) is 5.75 Å². The second-order valence-electron chi connectivity index (χ2n) is 5.86. The van der Waals surface area contributed by atoms with Crippen LogP contribution in [0.5, 0.6) is 5.75 Å². The summed E-state index contributed by atoms with van der Waals surface area (Å²) in [6.45, 7) is 1.85. The van der Waals surface area contributed by atoms with Crippen molar-refractivity contribution >= 4 is 32.9 Å². The molecule has 9 heteroatoms. The number of phenolic OH excluding ortho intramolecular Hbond substituents is 1. The largest absolute Gasteiger partial charge is 0.508 e. The van der Waals surface area contributed by atoms with Crippen molar-refractivity contribution in [2.75, 3.05) is 0 Å². The maximum Gasteiger partial charge on any atom is 0.294 e. The zero-order valence-electron chi connectivity index (χ0n) is 14.8. The predicted molar refractivity (Wildman–Crippen MR) is 104 cm³/mol. The second kappa shape index (κ2) is 8.07. The molecule has 0 spiro atoms. The highest BCUT2D eigenvalue weighted by Crippen LogP contribution is 2.28. The van der Waals surface area contributed by atoms with Gasteiger partial charge in [0.15, 0.2) is 0 Å². The van der Waals surface area contributed by atoms with E-state index in [1.165, 1.54) is 30.3 Å². The number of nitrogens with zero attached hydrogens (tertiary/aromatic N) is 4. The highest BCUT2D eigenvalue weighted by Gasteiger charge is 2.09. The van der Waals surface area contributed by atoms with Gasteiger partial charge >= 0.3 is 0 Å². The van der Waals surface area contributed by atoms with Gasteiger partial charge in [-0.1, -0.05) is 6.07 Å². The van der Waals surface area contributed by atoms with Crippen LogP contribution >= 0.6 is 0 Å². The fraction of sp³-hybridized carbons (Fsp3) is 0.0526. The quantitative estimate of drug-likeness (QED) is 0.419. The van der Waals surface area contributed by atoms with Crippen LogP contribution in [0.3, 0.4) is 0 Å². The number of benzene rings is 3. The number of phenols is 1. The van der Waals surface area contributed by atoms with Crippen molar-refractivity contribution in [2.45, 2.75) is 11.8 Å². The second-order valence-corrected chi connectivity index (χ2v) is 7.28. The Bertz CT molecular complexity index is 1160. The Morgan fingerprint density at radius 1 is 0.750 bits per heavy atom. The monoisotopic (exact) mass is 396 g/mol. The summed E-state index contributed by atoms with van der Waals surface area (Å²) in [6, 6.07) is 17.1. The molecule has 0 atom stereocenters. The summed E-state index contributed by atoms with van der Waals surface area (Å²) in [4.78, 5) is -0.245. The molecular formula is C19H16N4O4S. The minimum absolute atomic E-state index is 0.159. The zero-order valence-corrected chi connectivity index (χ0v) is 15.6. The van der Waals surface area contributed by atoms with E-state index in [2.05, 4.69) is 20.5 Å². The van der Waals surface area contributed by atoms with Crippen LogP contribution in [0.25, 0.3) is 0 Å². The lowest BCUT2D eigenvalue weighted by atomic mass is 10.2. The average molecular weight is 396 g/mol. The molecule has 2 N–H and O–H groups in total. The molecule has 0 aliphatic rings. The van der Waals surface area contributed by atoms with E-state index in [0.29, 0.717) is 22.7 Å². The van der Waals surface area contributed by atoms with E-state index in [1.54, 1.807) is 36.4 Å². The van der Waals surface area contributed by atoms with Crippen LogP contribution in [0.15, 0.2) is 92.1 Å². The summed E-state index contributed by atoms with van der Waals surface area (Å²) in [5.74, 6) is 0.159. The summed E-state index contributed by atoms with van der Waals surface area (Å²) in [5.41, 5.74) is 2.94. The van der Waals surface area contributed by atoms with Crippen molar-refractivity contribution in [2.24, 2.45) is 20.5 Å². The smallest absolute Gasteiger partial charge is 0.294 e. The van der Waals surface area contributed by atoms with Crippen molar-refractivity contribution in [3.05, 3.63) is 72.3 Å². The third-order valence-electron chi connectivity index (χ3n) is 3.70. The Morgan fingerprint density at radius 2 is 1.36 bits per heavy atom. The third-order valence-corrected chi connectivity index (χ3v) is 4.55. The van der Waals surface area contributed by atoms with E-state index in [0.717, 1.165) is 5.56 Å². The molecular weight excluding hydrogens is 380 g/mol. The SMILES string of the molecule is Cc1cc(N=Nc2cccc(S(=O)(=O)O)c2)ccc1N=Nc1ccc(O)cc1. The lowest BCUT2D eigenvalue weighted by molar-refractivity contribution is 0.475. The molecule has 0 aliphatic heterocycles. The Morgan fingerprint density at radius 3 is 2.00 bits per heavy atom. The molecule has 0 aliphatic carbocycles. The maximum absolute atomic E-state index is 11.2. The summed E-state index contributed by atoms with van der Waals surface area (Å²) in [7, 11) is -4.29. The zero-order chi connectivity index (χ0) is 20.1. The van der Waals surface area contributed by atoms with Gasteiger partial charge in [0.25, 0.3) is 10.1 Å². The molecule has 8 nitrogen and oxygen atoms in total. The van der Waals surface area contributed by atoms with Gasteiger partial charge in [0, 0.05) is 0 Å². The lowest BCUT2D eigenvalue weighted by Gasteiger charge is -2.01. The highest BCUT2D eigenvalue weighted by atomic mass is 32.2. The van der Waals surface area contributed by atoms with Gasteiger partial charge in [-0.05, 0) is 73.2 Å². The molecule has 0 fully saturated rings. The highest BCUT2D eigenvalue weighted by molar-refractivity contribution is 7.85. The van der Waals surface area contributed by atoms with Crippen molar-refractivity contribution in [1.82, 2.24) is 0 Å². The molecule has 28 heavy (non-hydrogen) atoms. The molecule has 0 saturated carbocycles. The minimum atomic E-state index is -4.29. The van der Waals surface area contributed by atoms with Crippen LogP contribution in [-0.2, 0) is 10.1 Å². The lowest BCUT2D eigenvalue weighted by Crippen LogP contribution is -1.96. The first-order valence-electron chi connectivity index (χ1n) is 8.12. The normalized spacial score (nSPS) is 12.1. The minimum Gasteiger partial charge on any atom is -0.508 e. The van der Waals surface area contributed by atoms with Gasteiger partial charge in [-0.25, -0.2) is 0 Å². The van der Waals surface area contributed by atoms with Crippen molar-refractivity contribution in [1.29, 1.82) is 0 Å². The van der Waals surface area contributed by atoms with Crippen LogP contribution < -0.4 is 0 Å². The number of hydrogen-bond donors (Lipinski definition) is 2. The van der Waals surface area contributed by atoms with Gasteiger partial charge in [-0.3, -0.25) is 4.55 Å². The van der Waals surface area contributed by atoms with Gasteiger partial charge in [-0.15, -0.1) is 0 Å². The number of hydrogen-bond acceptors (Lipinski definition) is 7. The molecule has 0 bridgehead atoms. The van der Waals surface area contributed by atoms with Crippen molar-refractivity contribution in [3.63, 3.8) is 0 Å². The molecule has 3 aromatic rings. The van der Waals surface area contributed by atoms with Crippen LogP contribution in [-0.4, -0.2) is 18.1 Å². The van der Waals surface area contributed by atoms with E-state index in [4.69, 9.17) is 4.55 Å². The topological polar surface area (TPSA) is 124 Å². The van der Waals surface area contributed by atoms with Gasteiger partial charge in [0.2, 0.25) is 0 Å². The Balaban J connectivity index is 1.77. The molecule has 0 unspecified atom stereocenters. The van der Waals surface area contributed by atoms with Gasteiger partial charge in [0.1, 0.15) is 5.75 Å². The van der Waals surface area contributed by atoms with Crippen LogP contribution in [0.2, 0.25) is 0 Å². The summed E-state index contributed by atoms with van der Waals surface area (Å²) < 4.78 is 31.4. The molecule has 0 saturated heterocycles. The summed E-state index contributed by atoms with van der Waals surface area (Å²) >= 11 is 0. The number of aryl methyl sites for hydroxylation is 1. The molecule has 142 valence electrons. The molecule has 0 heterocycles. The molecule has 0 radical (unpaired) electrons. The molecule has 3 rings (SSSR count). The predicted octanol–water partition coefficient (Wildman–Crippen LogP) is 5.78. The van der Waals surface area contributed by atoms with E-state index in [1.807, 2.05) is 6.92 Å². The summed E-state index contributed by atoms with van der Waals surface area (Å²) in [5, 5.41) is 25.6. The van der Waals surface area contributed by atoms with Gasteiger partial charge < -0.3 is 5.11 Å². The Labute approximate surface area is 161 Å². The number of rotatable bonds is 5. The van der Waals surface area contributed by atoms with Gasteiger partial charge in [0.05, 0.1) is 27.6 Å². The average Bonchev–Trinajstić information content (AvgIpc) is 2.66. The fourth-order valence-electron chi connectivity index (χ4n) is 2.27. The maximum atomic E-state index is 11.2.